The van der Waals surface area contributed by atoms with E-state index in [1.165, 1.54) is 11.1 Å². The normalized spacial score (nSPS) is 14.1. The molecule has 1 atom stereocenters. The zero-order valence-electron chi connectivity index (χ0n) is 11.4. The summed E-state index contributed by atoms with van der Waals surface area (Å²) in [5, 5.41) is 3.52. The predicted octanol–water partition coefficient (Wildman–Crippen LogP) is 3.63. The van der Waals surface area contributed by atoms with Crippen molar-refractivity contribution in [2.24, 2.45) is 0 Å². The molecule has 100 valence electrons. The Morgan fingerprint density at radius 3 is 2.53 bits per heavy atom. The largest absolute Gasteiger partial charge is 0.301 e. The van der Waals surface area contributed by atoms with Crippen molar-refractivity contribution in [3.05, 3.63) is 65.5 Å². The van der Waals surface area contributed by atoms with Crippen LogP contribution >= 0.6 is 11.6 Å². The van der Waals surface area contributed by atoms with Gasteiger partial charge in [-0.2, -0.15) is 0 Å². The molecule has 0 fully saturated rings. The summed E-state index contributed by atoms with van der Waals surface area (Å²) in [7, 11) is 0. The number of rotatable bonds is 5. The van der Waals surface area contributed by atoms with Crippen molar-refractivity contribution in [1.82, 2.24) is 10.3 Å². The molecule has 0 saturated carbocycles. The Balaban J connectivity index is 2.14. The molecule has 2 aromatic rings. The van der Waals surface area contributed by atoms with Crippen LogP contribution in [0.3, 0.4) is 0 Å². The first kappa shape index (κ1) is 14.0. The third kappa shape index (κ3) is 3.34. The van der Waals surface area contributed by atoms with Crippen LogP contribution in [0.2, 0.25) is 0 Å². The first-order valence-corrected chi connectivity index (χ1v) is 6.96. The average Bonchev–Trinajstić information content (AvgIpc) is 2.47. The lowest BCUT2D eigenvalue weighted by Crippen LogP contribution is -2.41. The van der Waals surface area contributed by atoms with Crippen molar-refractivity contribution >= 4 is 11.6 Å². The van der Waals surface area contributed by atoms with Crippen LogP contribution in [0.25, 0.3) is 0 Å². The third-order valence-corrected chi connectivity index (χ3v) is 3.98. The Morgan fingerprint density at radius 2 is 1.89 bits per heavy atom. The van der Waals surface area contributed by atoms with Gasteiger partial charge in [-0.05, 0) is 31.0 Å². The first-order valence-electron chi connectivity index (χ1n) is 6.43. The Bertz CT molecular complexity index is 527. The SMILES string of the molecule is Cc1cccnc1CNC(C)(CCl)c1ccccc1. The number of nitrogens with zero attached hydrogens (tertiary/aromatic N) is 1. The summed E-state index contributed by atoms with van der Waals surface area (Å²) in [5.74, 6) is 0.517. The lowest BCUT2D eigenvalue weighted by Gasteiger charge is -2.29. The van der Waals surface area contributed by atoms with Crippen molar-refractivity contribution in [3.8, 4) is 0 Å². The number of pyridine rings is 1. The minimum absolute atomic E-state index is 0.243. The van der Waals surface area contributed by atoms with E-state index in [0.717, 1.165) is 5.69 Å². The lowest BCUT2D eigenvalue weighted by molar-refractivity contribution is 0.403. The minimum atomic E-state index is -0.243. The van der Waals surface area contributed by atoms with Crippen LogP contribution < -0.4 is 5.32 Å². The van der Waals surface area contributed by atoms with E-state index in [4.69, 9.17) is 11.6 Å². The number of hydrogen-bond donors (Lipinski definition) is 1. The monoisotopic (exact) mass is 274 g/mol. The van der Waals surface area contributed by atoms with Crippen LogP contribution in [0.1, 0.15) is 23.7 Å². The highest BCUT2D eigenvalue weighted by atomic mass is 35.5. The van der Waals surface area contributed by atoms with Gasteiger partial charge in [0.2, 0.25) is 0 Å². The molecular formula is C16H19ClN2. The van der Waals surface area contributed by atoms with E-state index in [0.29, 0.717) is 12.4 Å². The highest BCUT2D eigenvalue weighted by Gasteiger charge is 2.24. The fourth-order valence-electron chi connectivity index (χ4n) is 2.01. The third-order valence-electron chi connectivity index (χ3n) is 3.44. The molecule has 2 rings (SSSR count). The Morgan fingerprint density at radius 1 is 1.16 bits per heavy atom. The summed E-state index contributed by atoms with van der Waals surface area (Å²) in [6.07, 6.45) is 1.82. The van der Waals surface area contributed by atoms with Gasteiger partial charge in [0.25, 0.3) is 0 Å². The Kier molecular flexibility index (Phi) is 4.56. The predicted molar refractivity (Wildman–Crippen MR) is 80.3 cm³/mol. The second kappa shape index (κ2) is 6.18. The second-order valence-electron chi connectivity index (χ2n) is 4.95. The molecule has 1 aromatic heterocycles. The van der Waals surface area contributed by atoms with Gasteiger partial charge in [0.05, 0.1) is 11.2 Å². The maximum Gasteiger partial charge on any atom is 0.0571 e. The fourth-order valence-corrected chi connectivity index (χ4v) is 2.26. The van der Waals surface area contributed by atoms with E-state index < -0.39 is 0 Å². The number of benzene rings is 1. The topological polar surface area (TPSA) is 24.9 Å². The van der Waals surface area contributed by atoms with Crippen LogP contribution in [-0.4, -0.2) is 10.9 Å². The molecule has 0 radical (unpaired) electrons. The van der Waals surface area contributed by atoms with E-state index in [-0.39, 0.29) is 5.54 Å². The highest BCUT2D eigenvalue weighted by molar-refractivity contribution is 6.18. The highest BCUT2D eigenvalue weighted by Crippen LogP contribution is 2.22. The summed E-state index contributed by atoms with van der Waals surface area (Å²) in [6, 6.07) is 14.3. The average molecular weight is 275 g/mol. The van der Waals surface area contributed by atoms with E-state index >= 15 is 0 Å². The van der Waals surface area contributed by atoms with Gasteiger partial charge in [-0.15, -0.1) is 11.6 Å². The number of aryl methyl sites for hydroxylation is 1. The van der Waals surface area contributed by atoms with Gasteiger partial charge in [-0.1, -0.05) is 36.4 Å². The number of aromatic nitrogens is 1. The quantitative estimate of drug-likeness (QED) is 0.842. The molecule has 1 aromatic carbocycles. The molecule has 19 heavy (non-hydrogen) atoms. The van der Waals surface area contributed by atoms with Gasteiger partial charge in [-0.25, -0.2) is 0 Å². The zero-order chi connectivity index (χ0) is 13.7. The minimum Gasteiger partial charge on any atom is -0.301 e. The van der Waals surface area contributed by atoms with Crippen molar-refractivity contribution < 1.29 is 0 Å². The van der Waals surface area contributed by atoms with Gasteiger partial charge in [0.1, 0.15) is 0 Å². The molecule has 0 amide bonds. The summed E-state index contributed by atoms with van der Waals surface area (Å²) in [6.45, 7) is 4.91. The summed E-state index contributed by atoms with van der Waals surface area (Å²) < 4.78 is 0. The van der Waals surface area contributed by atoms with Gasteiger partial charge in [-0.3, -0.25) is 4.98 Å². The van der Waals surface area contributed by atoms with Crippen molar-refractivity contribution in [2.45, 2.75) is 25.9 Å². The zero-order valence-corrected chi connectivity index (χ0v) is 12.1. The van der Waals surface area contributed by atoms with E-state index in [1.54, 1.807) is 0 Å². The number of halogens is 1. The number of alkyl halides is 1. The van der Waals surface area contributed by atoms with E-state index in [1.807, 2.05) is 30.5 Å². The first-order chi connectivity index (χ1) is 9.15. The molecule has 0 aliphatic heterocycles. The summed E-state index contributed by atoms with van der Waals surface area (Å²) >= 11 is 6.17. The maximum atomic E-state index is 6.17. The van der Waals surface area contributed by atoms with Crippen molar-refractivity contribution in [2.75, 3.05) is 5.88 Å². The van der Waals surface area contributed by atoms with Crippen LogP contribution in [0.4, 0.5) is 0 Å². The molecule has 2 nitrogen and oxygen atoms in total. The van der Waals surface area contributed by atoms with E-state index in [2.05, 4.69) is 42.3 Å². The number of hydrogen-bond acceptors (Lipinski definition) is 2. The van der Waals surface area contributed by atoms with Crippen LogP contribution in [0, 0.1) is 6.92 Å². The van der Waals surface area contributed by atoms with Gasteiger partial charge < -0.3 is 5.32 Å². The number of nitrogens with one attached hydrogen (secondary N) is 1. The maximum absolute atomic E-state index is 6.17. The van der Waals surface area contributed by atoms with Crippen LogP contribution in [-0.2, 0) is 12.1 Å². The Labute approximate surface area is 119 Å². The van der Waals surface area contributed by atoms with Gasteiger partial charge >= 0.3 is 0 Å². The second-order valence-corrected chi connectivity index (χ2v) is 5.22. The molecule has 0 aliphatic carbocycles. The lowest BCUT2D eigenvalue weighted by atomic mass is 9.94. The molecule has 0 spiro atoms. The molecule has 0 bridgehead atoms. The molecule has 3 heteroatoms. The van der Waals surface area contributed by atoms with Gasteiger partial charge in [0.15, 0.2) is 0 Å². The summed E-state index contributed by atoms with van der Waals surface area (Å²) in [4.78, 5) is 4.40. The van der Waals surface area contributed by atoms with Crippen LogP contribution in [0.15, 0.2) is 48.7 Å². The molecule has 1 unspecified atom stereocenters. The standard InChI is InChI=1S/C16H19ClN2/c1-13-7-6-10-18-15(13)11-19-16(2,12-17)14-8-4-3-5-9-14/h3-10,19H,11-12H2,1-2H3. The molecular weight excluding hydrogens is 256 g/mol. The van der Waals surface area contributed by atoms with Crippen molar-refractivity contribution in [1.29, 1.82) is 0 Å². The van der Waals surface area contributed by atoms with Crippen molar-refractivity contribution in [3.63, 3.8) is 0 Å². The smallest absolute Gasteiger partial charge is 0.0571 e. The molecule has 0 aliphatic rings. The fraction of sp³-hybridized carbons (Fsp3) is 0.312. The van der Waals surface area contributed by atoms with E-state index in [9.17, 15) is 0 Å². The van der Waals surface area contributed by atoms with Crippen LogP contribution in [0.5, 0.6) is 0 Å². The van der Waals surface area contributed by atoms with Gasteiger partial charge in [0, 0.05) is 18.6 Å². The Hall–Kier alpha value is -1.38. The molecule has 0 saturated heterocycles. The molecule has 1 N–H and O–H groups in total. The summed E-state index contributed by atoms with van der Waals surface area (Å²) in [5.41, 5.74) is 3.21. The molecule has 1 heterocycles.